The molecule has 0 aliphatic carbocycles. The second kappa shape index (κ2) is 10.6. The van der Waals surface area contributed by atoms with Crippen LogP contribution in [0.2, 0.25) is 0 Å². The van der Waals surface area contributed by atoms with Gasteiger partial charge >= 0.3 is 0 Å². The van der Waals surface area contributed by atoms with E-state index in [1.165, 1.54) is 5.56 Å². The minimum Gasteiger partial charge on any atom is -0.352 e. The first-order chi connectivity index (χ1) is 17.9. The third-order valence-electron chi connectivity index (χ3n) is 6.84. The largest absolute Gasteiger partial charge is 0.352 e. The highest BCUT2D eigenvalue weighted by atomic mass is 32.1. The van der Waals surface area contributed by atoms with Gasteiger partial charge in [-0.05, 0) is 86.6 Å². The van der Waals surface area contributed by atoms with Crippen molar-refractivity contribution in [2.24, 2.45) is 0 Å². The fourth-order valence-electron chi connectivity index (χ4n) is 4.85. The number of nitrogens with one attached hydrogen (secondary N) is 2. The number of amides is 1. The zero-order valence-corrected chi connectivity index (χ0v) is 22.1. The molecular weight excluding hydrogens is 478 g/mol. The first kappa shape index (κ1) is 24.7. The molecule has 188 valence electrons. The SMILES string of the molecule is Cc1ccc(-n2cccc2[C@@H]2[C@@H](c3ccccn3)NC(=S)N2CCC(=O)Nc2cc(C)ccc2C)cc1. The summed E-state index contributed by atoms with van der Waals surface area (Å²) in [5.74, 6) is -0.0366. The third-order valence-corrected chi connectivity index (χ3v) is 7.19. The third kappa shape index (κ3) is 5.27. The summed E-state index contributed by atoms with van der Waals surface area (Å²) >= 11 is 5.81. The van der Waals surface area contributed by atoms with Crippen molar-refractivity contribution in [3.05, 3.63) is 113 Å². The standard InChI is InChI=1S/C30H31N5OS/c1-20-10-13-23(14-11-20)34-17-6-8-26(34)29-28(24-7-4-5-16-31-24)33-30(37)35(29)18-15-27(36)32-25-19-21(2)9-12-22(25)3/h4-14,16-17,19,28-29H,15,18H2,1-3H3,(H,32,36)(H,33,37)/t28-,29-/m1/s1. The van der Waals surface area contributed by atoms with Gasteiger partial charge < -0.3 is 20.1 Å². The van der Waals surface area contributed by atoms with Crippen molar-refractivity contribution < 1.29 is 4.79 Å². The van der Waals surface area contributed by atoms with Crippen LogP contribution < -0.4 is 10.6 Å². The number of nitrogens with zero attached hydrogens (tertiary/aromatic N) is 3. The zero-order valence-electron chi connectivity index (χ0n) is 21.3. The summed E-state index contributed by atoms with van der Waals surface area (Å²) in [6.45, 7) is 6.59. The maximum atomic E-state index is 13.0. The van der Waals surface area contributed by atoms with Crippen molar-refractivity contribution >= 4 is 28.9 Å². The molecule has 0 saturated carbocycles. The number of hydrogen-bond donors (Lipinski definition) is 2. The van der Waals surface area contributed by atoms with E-state index in [0.717, 1.165) is 33.9 Å². The van der Waals surface area contributed by atoms with Gasteiger partial charge in [-0.3, -0.25) is 9.78 Å². The first-order valence-corrected chi connectivity index (χ1v) is 12.9. The van der Waals surface area contributed by atoms with Crippen LogP contribution >= 0.6 is 12.2 Å². The van der Waals surface area contributed by atoms with E-state index in [4.69, 9.17) is 12.2 Å². The predicted molar refractivity (Wildman–Crippen MR) is 152 cm³/mol. The smallest absolute Gasteiger partial charge is 0.226 e. The average Bonchev–Trinajstić information content (AvgIpc) is 3.50. The van der Waals surface area contributed by atoms with Gasteiger partial charge in [0, 0.05) is 42.4 Å². The van der Waals surface area contributed by atoms with Crippen molar-refractivity contribution in [1.82, 2.24) is 19.8 Å². The molecule has 2 atom stereocenters. The van der Waals surface area contributed by atoms with Gasteiger partial charge in [-0.2, -0.15) is 0 Å². The fourth-order valence-corrected chi connectivity index (χ4v) is 5.18. The normalized spacial score (nSPS) is 17.1. The molecular formula is C30H31N5OS. The Bertz CT molecular complexity index is 1410. The molecule has 0 spiro atoms. The van der Waals surface area contributed by atoms with E-state index in [9.17, 15) is 4.79 Å². The van der Waals surface area contributed by atoms with Gasteiger partial charge in [0.1, 0.15) is 0 Å². The van der Waals surface area contributed by atoms with Crippen LogP contribution in [-0.4, -0.2) is 32.0 Å². The number of benzene rings is 2. The van der Waals surface area contributed by atoms with Crippen molar-refractivity contribution in [2.75, 3.05) is 11.9 Å². The molecule has 1 aliphatic rings. The summed E-state index contributed by atoms with van der Waals surface area (Å²) in [4.78, 5) is 19.7. The number of aromatic nitrogens is 2. The minimum atomic E-state index is -0.144. The average molecular weight is 510 g/mol. The second-order valence-corrected chi connectivity index (χ2v) is 9.96. The molecule has 1 saturated heterocycles. The second-order valence-electron chi connectivity index (χ2n) is 9.58. The quantitative estimate of drug-likeness (QED) is 0.309. The topological polar surface area (TPSA) is 62.2 Å². The molecule has 5 rings (SSSR count). The van der Waals surface area contributed by atoms with E-state index < -0.39 is 0 Å². The highest BCUT2D eigenvalue weighted by Gasteiger charge is 2.41. The van der Waals surface area contributed by atoms with Crippen LogP contribution in [0, 0.1) is 20.8 Å². The Labute approximate surface area is 223 Å². The Morgan fingerprint density at radius 2 is 1.78 bits per heavy atom. The van der Waals surface area contributed by atoms with E-state index in [-0.39, 0.29) is 18.0 Å². The maximum Gasteiger partial charge on any atom is 0.226 e. The van der Waals surface area contributed by atoms with Gasteiger partial charge in [-0.1, -0.05) is 35.9 Å². The molecule has 1 aliphatic heterocycles. The molecule has 3 heterocycles. The monoisotopic (exact) mass is 509 g/mol. The maximum absolute atomic E-state index is 13.0. The van der Waals surface area contributed by atoms with Crippen molar-refractivity contribution in [3.8, 4) is 5.69 Å². The molecule has 1 fully saturated rings. The molecule has 7 heteroatoms. The Morgan fingerprint density at radius 3 is 2.54 bits per heavy atom. The molecule has 2 aromatic heterocycles. The van der Waals surface area contributed by atoms with Crippen molar-refractivity contribution in [1.29, 1.82) is 0 Å². The lowest BCUT2D eigenvalue weighted by molar-refractivity contribution is -0.116. The summed E-state index contributed by atoms with van der Waals surface area (Å²) in [5, 5.41) is 7.19. The van der Waals surface area contributed by atoms with Crippen LogP contribution in [0.4, 0.5) is 5.69 Å². The molecule has 0 unspecified atom stereocenters. The van der Waals surface area contributed by atoms with Crippen LogP contribution in [-0.2, 0) is 4.79 Å². The molecule has 0 radical (unpaired) electrons. The number of thiocarbonyl (C=S) groups is 1. The first-order valence-electron chi connectivity index (χ1n) is 12.5. The summed E-state index contributed by atoms with van der Waals surface area (Å²) < 4.78 is 2.19. The lowest BCUT2D eigenvalue weighted by Gasteiger charge is -2.29. The van der Waals surface area contributed by atoms with Crippen LogP contribution in [0.15, 0.2) is 85.2 Å². The number of aryl methyl sites for hydroxylation is 3. The van der Waals surface area contributed by atoms with E-state index in [2.05, 4.69) is 74.6 Å². The number of hydrogen-bond acceptors (Lipinski definition) is 3. The summed E-state index contributed by atoms with van der Waals surface area (Å²) in [7, 11) is 0. The molecule has 2 N–H and O–H groups in total. The van der Waals surface area contributed by atoms with Gasteiger partial charge in [0.05, 0.1) is 17.8 Å². The zero-order chi connectivity index (χ0) is 25.9. The van der Waals surface area contributed by atoms with Crippen LogP contribution in [0.3, 0.4) is 0 Å². The lowest BCUT2D eigenvalue weighted by Crippen LogP contribution is -2.33. The highest BCUT2D eigenvalue weighted by molar-refractivity contribution is 7.80. The Hall–Kier alpha value is -3.97. The van der Waals surface area contributed by atoms with Crippen molar-refractivity contribution in [2.45, 2.75) is 39.3 Å². The van der Waals surface area contributed by atoms with Crippen LogP contribution in [0.1, 0.15) is 46.6 Å². The molecule has 37 heavy (non-hydrogen) atoms. The number of rotatable bonds is 7. The number of carbonyl (C=O) groups is 1. The van der Waals surface area contributed by atoms with Gasteiger partial charge in [0.2, 0.25) is 5.91 Å². The Kier molecular flexibility index (Phi) is 7.06. The Balaban J connectivity index is 1.44. The van der Waals surface area contributed by atoms with Crippen molar-refractivity contribution in [3.63, 3.8) is 0 Å². The van der Waals surface area contributed by atoms with Crippen LogP contribution in [0.25, 0.3) is 5.69 Å². The van der Waals surface area contributed by atoms with Gasteiger partial charge in [0.15, 0.2) is 5.11 Å². The molecule has 4 aromatic rings. The van der Waals surface area contributed by atoms with E-state index >= 15 is 0 Å². The molecule has 1 amide bonds. The van der Waals surface area contributed by atoms with Gasteiger partial charge in [-0.25, -0.2) is 0 Å². The summed E-state index contributed by atoms with van der Waals surface area (Å²) in [6.07, 6.45) is 4.19. The fraction of sp³-hybridized carbons (Fsp3) is 0.233. The van der Waals surface area contributed by atoms with E-state index in [0.29, 0.717) is 18.1 Å². The highest BCUT2D eigenvalue weighted by Crippen LogP contribution is 2.39. The lowest BCUT2D eigenvalue weighted by atomic mass is 10.0. The van der Waals surface area contributed by atoms with E-state index in [1.807, 2.05) is 50.2 Å². The van der Waals surface area contributed by atoms with Gasteiger partial charge in [0.25, 0.3) is 0 Å². The minimum absolute atomic E-state index is 0.0366. The number of anilines is 1. The number of pyridine rings is 1. The molecule has 2 aromatic carbocycles. The summed E-state index contributed by atoms with van der Waals surface area (Å²) in [5.41, 5.74) is 7.29. The number of carbonyl (C=O) groups excluding carboxylic acids is 1. The van der Waals surface area contributed by atoms with Crippen LogP contribution in [0.5, 0.6) is 0 Å². The van der Waals surface area contributed by atoms with E-state index in [1.54, 1.807) is 6.20 Å². The Morgan fingerprint density at radius 1 is 1.00 bits per heavy atom. The molecule has 0 bridgehead atoms. The molecule has 6 nitrogen and oxygen atoms in total. The van der Waals surface area contributed by atoms with Gasteiger partial charge in [-0.15, -0.1) is 0 Å². The summed E-state index contributed by atoms with van der Waals surface area (Å²) in [6, 6.07) is 24.4. The predicted octanol–water partition coefficient (Wildman–Crippen LogP) is 5.80.